The quantitative estimate of drug-likeness (QED) is 0.811. The van der Waals surface area contributed by atoms with Crippen LogP contribution in [0, 0.1) is 0 Å². The summed E-state index contributed by atoms with van der Waals surface area (Å²) in [7, 11) is 0. The van der Waals surface area contributed by atoms with E-state index < -0.39 is 18.4 Å². The number of ether oxygens (including phenoxy) is 1. The molecule has 0 spiro atoms. The van der Waals surface area contributed by atoms with E-state index in [1.807, 2.05) is 0 Å². The Bertz CT molecular complexity index is 724. The lowest BCUT2D eigenvalue weighted by Crippen LogP contribution is -2.42. The highest BCUT2D eigenvalue weighted by Crippen LogP contribution is 2.19. The van der Waals surface area contributed by atoms with Crippen molar-refractivity contribution in [3.05, 3.63) is 64.7 Å². The van der Waals surface area contributed by atoms with Crippen molar-refractivity contribution in [3.63, 3.8) is 0 Å². The highest BCUT2D eigenvalue weighted by atomic mass is 35.5. The normalized spacial score (nSPS) is 10.3. The zero-order valence-corrected chi connectivity index (χ0v) is 13.0. The number of para-hydroxylation sites is 1. The van der Waals surface area contributed by atoms with Crippen LogP contribution in [0.2, 0.25) is 5.02 Å². The second kappa shape index (κ2) is 8.26. The fourth-order valence-electron chi connectivity index (χ4n) is 1.88. The van der Waals surface area contributed by atoms with Gasteiger partial charge in [-0.05, 0) is 29.8 Å². The number of carbonyl (C=O) groups excluding carboxylic acids is 2. The molecule has 2 rings (SSSR count). The predicted octanol–water partition coefficient (Wildman–Crippen LogP) is 2.95. The molecule has 0 unspecified atom stereocenters. The van der Waals surface area contributed by atoms with Crippen LogP contribution in [0.3, 0.4) is 0 Å². The lowest BCUT2D eigenvalue weighted by Gasteiger charge is -2.11. The number of benzene rings is 2. The highest BCUT2D eigenvalue weighted by Gasteiger charge is 2.15. The number of carbonyl (C=O) groups is 2. The zero-order valence-electron chi connectivity index (χ0n) is 12.3. The monoisotopic (exact) mass is 354 g/mol. The van der Waals surface area contributed by atoms with E-state index in [-0.39, 0.29) is 17.7 Å². The molecule has 0 aromatic heterocycles. The van der Waals surface area contributed by atoms with Crippen LogP contribution >= 0.6 is 11.6 Å². The summed E-state index contributed by atoms with van der Waals surface area (Å²) in [4.78, 5) is 23.8. The Labute approximate surface area is 141 Å². The van der Waals surface area contributed by atoms with E-state index >= 15 is 0 Å². The molecule has 2 amide bonds. The number of nitrogens with one attached hydrogen (secondary N) is 2. The summed E-state index contributed by atoms with van der Waals surface area (Å²) >= 11 is 5.75. The molecule has 2 aromatic rings. The number of alkyl halides is 2. The summed E-state index contributed by atoms with van der Waals surface area (Å²) in [6.45, 7) is -3.06. The van der Waals surface area contributed by atoms with Gasteiger partial charge in [-0.1, -0.05) is 35.9 Å². The average Bonchev–Trinajstić information content (AvgIpc) is 2.55. The molecule has 0 aliphatic carbocycles. The number of rotatable bonds is 5. The van der Waals surface area contributed by atoms with Crippen LogP contribution in [0.25, 0.3) is 0 Å². The van der Waals surface area contributed by atoms with Crippen LogP contribution < -0.4 is 15.6 Å². The summed E-state index contributed by atoms with van der Waals surface area (Å²) in [5, 5.41) is 0.545. The number of halogens is 3. The van der Waals surface area contributed by atoms with Crippen molar-refractivity contribution in [2.75, 3.05) is 0 Å². The minimum Gasteiger partial charge on any atom is -0.434 e. The highest BCUT2D eigenvalue weighted by molar-refractivity contribution is 6.30. The smallest absolute Gasteiger partial charge is 0.387 e. The molecule has 0 aliphatic heterocycles. The van der Waals surface area contributed by atoms with E-state index in [4.69, 9.17) is 11.6 Å². The third kappa shape index (κ3) is 5.20. The van der Waals surface area contributed by atoms with Gasteiger partial charge in [0.15, 0.2) is 0 Å². The maximum absolute atomic E-state index is 12.3. The van der Waals surface area contributed by atoms with Crippen molar-refractivity contribution < 1.29 is 23.1 Å². The van der Waals surface area contributed by atoms with Gasteiger partial charge >= 0.3 is 6.61 Å². The fraction of sp³-hybridized carbons (Fsp3) is 0.125. The van der Waals surface area contributed by atoms with Crippen molar-refractivity contribution >= 4 is 23.4 Å². The average molecular weight is 355 g/mol. The molecule has 0 aliphatic rings. The van der Waals surface area contributed by atoms with Crippen LogP contribution in [0.15, 0.2) is 48.5 Å². The van der Waals surface area contributed by atoms with Gasteiger partial charge in [-0.2, -0.15) is 8.78 Å². The molecule has 0 heterocycles. The van der Waals surface area contributed by atoms with E-state index in [1.54, 1.807) is 24.3 Å². The summed E-state index contributed by atoms with van der Waals surface area (Å²) in [5.74, 6) is -1.52. The standard InChI is InChI=1S/C16H13ClF2N2O3/c17-11-7-5-10(6-8-11)9-14(22)20-21-15(23)12-3-1-2-4-13(12)24-16(18)19/h1-8,16H,9H2,(H,20,22)(H,21,23). The summed E-state index contributed by atoms with van der Waals surface area (Å²) in [5.41, 5.74) is 4.95. The topological polar surface area (TPSA) is 67.4 Å². The first-order valence-electron chi connectivity index (χ1n) is 6.83. The summed E-state index contributed by atoms with van der Waals surface area (Å²) in [6.07, 6.45) is 0.0205. The van der Waals surface area contributed by atoms with Gasteiger partial charge in [-0.15, -0.1) is 0 Å². The molecule has 0 saturated carbocycles. The maximum atomic E-state index is 12.3. The Kier molecular flexibility index (Phi) is 6.08. The molecule has 0 bridgehead atoms. The number of hydrazine groups is 1. The molecule has 2 N–H and O–H groups in total. The van der Waals surface area contributed by atoms with Gasteiger partial charge in [0.2, 0.25) is 5.91 Å². The van der Waals surface area contributed by atoms with Gasteiger partial charge in [0.25, 0.3) is 5.91 Å². The zero-order chi connectivity index (χ0) is 17.5. The lowest BCUT2D eigenvalue weighted by atomic mass is 10.1. The van der Waals surface area contributed by atoms with E-state index in [1.165, 1.54) is 24.3 Å². The summed E-state index contributed by atoms with van der Waals surface area (Å²) < 4.78 is 28.9. The van der Waals surface area contributed by atoms with E-state index in [9.17, 15) is 18.4 Å². The largest absolute Gasteiger partial charge is 0.434 e. The van der Waals surface area contributed by atoms with Gasteiger partial charge in [-0.25, -0.2) is 0 Å². The van der Waals surface area contributed by atoms with Gasteiger partial charge in [0, 0.05) is 5.02 Å². The minimum atomic E-state index is -3.06. The molecule has 0 saturated heterocycles. The van der Waals surface area contributed by atoms with Crippen molar-refractivity contribution in [1.29, 1.82) is 0 Å². The van der Waals surface area contributed by atoms with Crippen molar-refractivity contribution in [2.45, 2.75) is 13.0 Å². The van der Waals surface area contributed by atoms with Crippen molar-refractivity contribution in [2.24, 2.45) is 0 Å². The molecule has 0 fully saturated rings. The Hall–Kier alpha value is -2.67. The number of amides is 2. The molecule has 0 radical (unpaired) electrons. The van der Waals surface area contributed by atoms with Gasteiger partial charge in [-0.3, -0.25) is 20.4 Å². The first-order valence-corrected chi connectivity index (χ1v) is 7.21. The van der Waals surface area contributed by atoms with Crippen LogP contribution in [0.5, 0.6) is 5.75 Å². The maximum Gasteiger partial charge on any atom is 0.387 e. The molecule has 5 nitrogen and oxygen atoms in total. The van der Waals surface area contributed by atoms with Crippen LogP contribution in [0.1, 0.15) is 15.9 Å². The van der Waals surface area contributed by atoms with Gasteiger partial charge in [0.05, 0.1) is 12.0 Å². The third-order valence-corrected chi connectivity index (χ3v) is 3.19. The molecule has 8 heteroatoms. The lowest BCUT2D eigenvalue weighted by molar-refractivity contribution is -0.121. The van der Waals surface area contributed by atoms with Crippen LogP contribution in [0.4, 0.5) is 8.78 Å². The first kappa shape index (κ1) is 17.7. The SMILES string of the molecule is O=C(Cc1ccc(Cl)cc1)NNC(=O)c1ccccc1OC(F)F. The third-order valence-electron chi connectivity index (χ3n) is 2.94. The van der Waals surface area contributed by atoms with Gasteiger partial charge in [0.1, 0.15) is 5.75 Å². The fourth-order valence-corrected chi connectivity index (χ4v) is 2.00. The minimum absolute atomic E-state index is 0.0205. The molecular weight excluding hydrogens is 342 g/mol. The Morgan fingerprint density at radius 3 is 2.38 bits per heavy atom. The molecule has 0 atom stereocenters. The Morgan fingerprint density at radius 2 is 1.71 bits per heavy atom. The van der Waals surface area contributed by atoms with Gasteiger partial charge < -0.3 is 4.74 Å². The van der Waals surface area contributed by atoms with E-state index in [0.29, 0.717) is 10.6 Å². The van der Waals surface area contributed by atoms with Crippen LogP contribution in [-0.4, -0.2) is 18.4 Å². The molecule has 126 valence electrons. The first-order chi connectivity index (χ1) is 11.5. The van der Waals surface area contributed by atoms with Crippen molar-refractivity contribution in [1.82, 2.24) is 10.9 Å². The molecule has 2 aromatic carbocycles. The molecule has 24 heavy (non-hydrogen) atoms. The van der Waals surface area contributed by atoms with E-state index in [2.05, 4.69) is 15.6 Å². The Morgan fingerprint density at radius 1 is 1.04 bits per heavy atom. The number of hydrogen-bond acceptors (Lipinski definition) is 3. The van der Waals surface area contributed by atoms with E-state index in [0.717, 1.165) is 0 Å². The molecular formula is C16H13ClF2N2O3. The second-order valence-corrected chi connectivity index (χ2v) is 5.12. The Balaban J connectivity index is 1.93. The number of hydrogen-bond donors (Lipinski definition) is 2. The second-order valence-electron chi connectivity index (χ2n) is 4.68. The summed E-state index contributed by atoms with van der Waals surface area (Å²) in [6, 6.07) is 12.1. The predicted molar refractivity (Wildman–Crippen MR) is 83.8 cm³/mol. The van der Waals surface area contributed by atoms with Crippen LogP contribution in [-0.2, 0) is 11.2 Å². The van der Waals surface area contributed by atoms with Crippen molar-refractivity contribution in [3.8, 4) is 5.75 Å².